The molecule has 1 saturated heterocycles. The summed E-state index contributed by atoms with van der Waals surface area (Å²) in [6.07, 6.45) is 2.04. The van der Waals surface area contributed by atoms with Crippen LogP contribution in [0.4, 0.5) is 0 Å². The third-order valence-corrected chi connectivity index (χ3v) is 6.19. The van der Waals surface area contributed by atoms with Gasteiger partial charge in [-0.1, -0.05) is 5.16 Å². The van der Waals surface area contributed by atoms with E-state index >= 15 is 0 Å². The zero-order valence-corrected chi connectivity index (χ0v) is 16.5. The van der Waals surface area contributed by atoms with E-state index in [1.807, 2.05) is 11.8 Å². The van der Waals surface area contributed by atoms with Gasteiger partial charge in [0.25, 0.3) is 0 Å². The van der Waals surface area contributed by atoms with E-state index in [2.05, 4.69) is 15.5 Å². The number of nitrogens with one attached hydrogen (secondary N) is 1. The molecule has 28 heavy (non-hydrogen) atoms. The second kappa shape index (κ2) is 9.22. The number of aliphatic hydroxyl groups is 1. The van der Waals surface area contributed by atoms with Gasteiger partial charge >= 0.3 is 0 Å². The Morgan fingerprint density at radius 2 is 2.11 bits per heavy atom. The first-order valence-corrected chi connectivity index (χ1v) is 10.7. The molecule has 1 aliphatic heterocycles. The maximum atomic E-state index is 12.5. The Morgan fingerprint density at radius 3 is 2.71 bits per heavy atom. The molecule has 11 heteroatoms. The summed E-state index contributed by atoms with van der Waals surface area (Å²) >= 11 is 0. The molecule has 154 valence electrons. The molecule has 3 heterocycles. The molecule has 2 aromatic heterocycles. The fourth-order valence-electron chi connectivity index (χ4n) is 2.94. The molecule has 3 rings (SSSR count). The van der Waals surface area contributed by atoms with E-state index in [4.69, 9.17) is 8.94 Å². The lowest BCUT2D eigenvalue weighted by Gasteiger charge is -2.35. The van der Waals surface area contributed by atoms with Crippen LogP contribution in [0.5, 0.6) is 0 Å². The van der Waals surface area contributed by atoms with Gasteiger partial charge in [-0.2, -0.15) is 4.31 Å². The number of aliphatic imine (C=N–C) groups is 1. The predicted octanol–water partition coefficient (Wildman–Crippen LogP) is 0.414. The summed E-state index contributed by atoms with van der Waals surface area (Å²) in [4.78, 5) is 6.46. The second-order valence-electron chi connectivity index (χ2n) is 6.36. The SMILES string of the molecule is CCNC(=NCC(O)c1ccco1)N1CCN(S(=O)(=O)Cc2ccon2)CC1. The van der Waals surface area contributed by atoms with Crippen LogP contribution in [0.25, 0.3) is 0 Å². The topological polar surface area (TPSA) is 124 Å². The van der Waals surface area contributed by atoms with Gasteiger partial charge in [-0.05, 0) is 19.1 Å². The van der Waals surface area contributed by atoms with Crippen LogP contribution in [0.3, 0.4) is 0 Å². The number of aromatic nitrogens is 1. The molecular weight excluding hydrogens is 386 g/mol. The molecule has 2 N–H and O–H groups in total. The van der Waals surface area contributed by atoms with Gasteiger partial charge in [0.15, 0.2) is 5.96 Å². The van der Waals surface area contributed by atoms with Crippen molar-refractivity contribution in [3.05, 3.63) is 42.2 Å². The van der Waals surface area contributed by atoms with E-state index in [0.717, 1.165) is 0 Å². The van der Waals surface area contributed by atoms with Gasteiger partial charge in [0, 0.05) is 38.8 Å². The first-order chi connectivity index (χ1) is 13.5. The summed E-state index contributed by atoms with van der Waals surface area (Å²) in [6.45, 7) is 4.48. The maximum absolute atomic E-state index is 12.5. The number of guanidine groups is 1. The van der Waals surface area contributed by atoms with Crippen molar-refractivity contribution in [1.29, 1.82) is 0 Å². The van der Waals surface area contributed by atoms with Gasteiger partial charge < -0.3 is 24.3 Å². The maximum Gasteiger partial charge on any atom is 0.220 e. The van der Waals surface area contributed by atoms with Crippen molar-refractivity contribution in [2.75, 3.05) is 39.3 Å². The molecular formula is C17H25N5O5S. The van der Waals surface area contributed by atoms with Crippen LogP contribution in [0, 0.1) is 0 Å². The van der Waals surface area contributed by atoms with Crippen LogP contribution in [0.2, 0.25) is 0 Å². The molecule has 1 atom stereocenters. The molecule has 0 saturated carbocycles. The first kappa shape index (κ1) is 20.4. The number of hydrogen-bond acceptors (Lipinski definition) is 7. The summed E-state index contributed by atoms with van der Waals surface area (Å²) < 4.78 is 36.4. The molecule has 1 aliphatic rings. The Labute approximate surface area is 163 Å². The van der Waals surface area contributed by atoms with Crippen molar-refractivity contribution in [1.82, 2.24) is 19.7 Å². The van der Waals surface area contributed by atoms with Crippen LogP contribution in [0.15, 0.2) is 44.7 Å². The van der Waals surface area contributed by atoms with Crippen molar-refractivity contribution in [2.45, 2.75) is 18.8 Å². The average Bonchev–Trinajstić information content (AvgIpc) is 3.39. The Balaban J connectivity index is 1.58. The van der Waals surface area contributed by atoms with E-state index in [1.54, 1.807) is 18.2 Å². The third-order valence-electron chi connectivity index (χ3n) is 4.37. The molecule has 0 bridgehead atoms. The Morgan fingerprint density at radius 1 is 1.32 bits per heavy atom. The van der Waals surface area contributed by atoms with Crippen molar-refractivity contribution in [3.8, 4) is 0 Å². The zero-order valence-electron chi connectivity index (χ0n) is 15.7. The van der Waals surface area contributed by atoms with Gasteiger partial charge in [-0.15, -0.1) is 0 Å². The first-order valence-electron chi connectivity index (χ1n) is 9.11. The summed E-state index contributed by atoms with van der Waals surface area (Å²) in [5.41, 5.74) is 0.393. The highest BCUT2D eigenvalue weighted by atomic mass is 32.2. The molecule has 0 spiro atoms. The normalized spacial score (nSPS) is 17.6. The molecule has 2 aromatic rings. The van der Waals surface area contributed by atoms with Gasteiger partial charge in [0.1, 0.15) is 23.9 Å². The smallest absolute Gasteiger partial charge is 0.220 e. The lowest BCUT2D eigenvalue weighted by molar-refractivity contribution is 0.157. The fraction of sp³-hybridized carbons (Fsp3) is 0.529. The number of furan rings is 1. The number of rotatable bonds is 7. The summed E-state index contributed by atoms with van der Waals surface area (Å²) in [6, 6.07) is 4.96. The summed E-state index contributed by atoms with van der Waals surface area (Å²) in [7, 11) is -3.45. The Kier molecular flexibility index (Phi) is 6.70. The predicted molar refractivity (Wildman–Crippen MR) is 102 cm³/mol. The van der Waals surface area contributed by atoms with Crippen LogP contribution in [-0.2, 0) is 15.8 Å². The minimum absolute atomic E-state index is 0.153. The van der Waals surface area contributed by atoms with Crippen molar-refractivity contribution in [3.63, 3.8) is 0 Å². The largest absolute Gasteiger partial charge is 0.467 e. The number of sulfonamides is 1. The number of nitrogens with zero attached hydrogens (tertiary/aromatic N) is 4. The van der Waals surface area contributed by atoms with Gasteiger partial charge in [-0.3, -0.25) is 0 Å². The molecule has 1 unspecified atom stereocenters. The number of hydrogen-bond donors (Lipinski definition) is 2. The van der Waals surface area contributed by atoms with E-state index in [0.29, 0.717) is 50.1 Å². The lowest BCUT2D eigenvalue weighted by atomic mass is 10.3. The third kappa shape index (κ3) is 5.12. The monoisotopic (exact) mass is 411 g/mol. The van der Waals surface area contributed by atoms with Gasteiger partial charge in [0.05, 0.1) is 18.5 Å². The van der Waals surface area contributed by atoms with Gasteiger partial charge in [0.2, 0.25) is 10.0 Å². The van der Waals surface area contributed by atoms with Crippen LogP contribution in [-0.4, -0.2) is 73.1 Å². The molecule has 0 radical (unpaired) electrons. The zero-order chi connectivity index (χ0) is 20.0. The van der Waals surface area contributed by atoms with Crippen molar-refractivity contribution in [2.24, 2.45) is 4.99 Å². The minimum atomic E-state index is -3.45. The minimum Gasteiger partial charge on any atom is -0.467 e. The van der Waals surface area contributed by atoms with Crippen LogP contribution in [0.1, 0.15) is 24.5 Å². The molecule has 10 nitrogen and oxygen atoms in total. The molecule has 0 amide bonds. The highest BCUT2D eigenvalue weighted by Crippen LogP contribution is 2.15. The Bertz CT molecular complexity index is 843. The number of aliphatic hydroxyl groups excluding tert-OH is 1. The fourth-order valence-corrected chi connectivity index (χ4v) is 4.36. The van der Waals surface area contributed by atoms with Crippen LogP contribution >= 0.6 is 0 Å². The highest BCUT2D eigenvalue weighted by Gasteiger charge is 2.29. The standard InChI is InChI=1S/C17H25N5O5S/c1-2-18-17(19-12-15(23)16-4-3-10-26-16)21-6-8-22(9-7-21)28(24,25)13-14-5-11-27-20-14/h3-5,10-11,15,23H,2,6-9,12-13H2,1H3,(H,18,19). The van der Waals surface area contributed by atoms with Crippen molar-refractivity contribution < 1.29 is 22.5 Å². The van der Waals surface area contributed by atoms with E-state index in [-0.39, 0.29) is 12.3 Å². The summed E-state index contributed by atoms with van der Waals surface area (Å²) in [5.74, 6) is 0.928. The average molecular weight is 411 g/mol. The molecule has 0 aliphatic carbocycles. The molecule has 0 aromatic carbocycles. The quantitative estimate of drug-likeness (QED) is 0.496. The second-order valence-corrected chi connectivity index (χ2v) is 8.33. The number of piperazine rings is 1. The lowest BCUT2D eigenvalue weighted by Crippen LogP contribution is -2.54. The van der Waals surface area contributed by atoms with E-state index in [1.165, 1.54) is 16.8 Å². The Hall–Kier alpha value is -2.37. The van der Waals surface area contributed by atoms with E-state index in [9.17, 15) is 13.5 Å². The molecule has 1 fully saturated rings. The highest BCUT2D eigenvalue weighted by molar-refractivity contribution is 7.88. The van der Waals surface area contributed by atoms with Crippen LogP contribution < -0.4 is 5.32 Å². The van der Waals surface area contributed by atoms with Crippen molar-refractivity contribution >= 4 is 16.0 Å². The van der Waals surface area contributed by atoms with Gasteiger partial charge in [-0.25, -0.2) is 13.4 Å². The summed E-state index contributed by atoms with van der Waals surface area (Å²) in [5, 5.41) is 17.0. The van der Waals surface area contributed by atoms with E-state index < -0.39 is 16.1 Å².